The molecule has 0 saturated carbocycles. The van der Waals surface area contributed by atoms with Crippen LogP contribution in [0.25, 0.3) is 0 Å². The summed E-state index contributed by atoms with van der Waals surface area (Å²) in [5, 5.41) is 4.60. The molecule has 0 radical (unpaired) electrons. The fourth-order valence-corrected chi connectivity index (χ4v) is 3.77. The molecule has 0 amide bonds. The molecule has 0 aliphatic carbocycles. The zero-order valence-electron chi connectivity index (χ0n) is 14.9. The molecule has 9 heteroatoms. The smallest absolute Gasteiger partial charge is 0.350 e. The van der Waals surface area contributed by atoms with E-state index in [1.54, 1.807) is 7.05 Å². The Kier molecular flexibility index (Phi) is 7.06. The number of nitrogens with one attached hydrogen (secondary N) is 1. The number of likely N-dealkylation sites (tertiary alicyclic amines) is 1. The summed E-state index contributed by atoms with van der Waals surface area (Å²) in [6, 6.07) is 0. The topological polar surface area (TPSA) is 43.8 Å². The van der Waals surface area contributed by atoms with Gasteiger partial charge in [-0.3, -0.25) is 4.99 Å². The van der Waals surface area contributed by atoms with Crippen LogP contribution >= 0.6 is 11.3 Å². The monoisotopic (exact) mass is 377 g/mol. The molecule has 1 unspecified atom stereocenters. The molecule has 0 bridgehead atoms. The SMILES string of the molecule is CCN(CC)CC1CCN(C(=NC)NCc2nc(C(F)(F)F)cs2)C1. The van der Waals surface area contributed by atoms with Gasteiger partial charge in [0.15, 0.2) is 11.7 Å². The Morgan fingerprint density at radius 1 is 1.44 bits per heavy atom. The molecule has 1 aromatic heterocycles. The standard InChI is InChI=1S/C16H26F3N5S/c1-4-23(5-2)9-12-6-7-24(10-12)15(20-3)21-8-14-22-13(11-25-14)16(17,18)19/h11-12H,4-10H2,1-3H3,(H,20,21). The van der Waals surface area contributed by atoms with Crippen LogP contribution in [0.2, 0.25) is 0 Å². The number of hydrogen-bond donors (Lipinski definition) is 1. The quantitative estimate of drug-likeness (QED) is 0.612. The van der Waals surface area contributed by atoms with Crippen LogP contribution in [-0.2, 0) is 12.7 Å². The maximum absolute atomic E-state index is 12.6. The van der Waals surface area contributed by atoms with E-state index >= 15 is 0 Å². The van der Waals surface area contributed by atoms with Crippen LogP contribution in [-0.4, -0.2) is 60.5 Å². The number of alkyl halides is 3. The van der Waals surface area contributed by atoms with Crippen LogP contribution in [0, 0.1) is 5.92 Å². The zero-order valence-corrected chi connectivity index (χ0v) is 15.8. The summed E-state index contributed by atoms with van der Waals surface area (Å²) >= 11 is 1.01. The number of aliphatic imine (C=N–C) groups is 1. The van der Waals surface area contributed by atoms with Crippen molar-refractivity contribution in [3.63, 3.8) is 0 Å². The number of halogens is 3. The highest BCUT2D eigenvalue weighted by Gasteiger charge is 2.33. The molecule has 1 atom stereocenters. The molecule has 5 nitrogen and oxygen atoms in total. The van der Waals surface area contributed by atoms with Gasteiger partial charge in [0.05, 0.1) is 6.54 Å². The summed E-state index contributed by atoms with van der Waals surface area (Å²) in [5.41, 5.74) is -0.829. The second-order valence-corrected chi connectivity index (χ2v) is 7.05. The molecule has 1 aliphatic rings. The third kappa shape index (κ3) is 5.57. The van der Waals surface area contributed by atoms with Crippen LogP contribution in [0.15, 0.2) is 10.4 Å². The first-order valence-electron chi connectivity index (χ1n) is 8.56. The fraction of sp³-hybridized carbons (Fsp3) is 0.750. The fourth-order valence-electron chi connectivity index (χ4n) is 3.03. The van der Waals surface area contributed by atoms with Crippen molar-refractivity contribution >= 4 is 17.3 Å². The minimum absolute atomic E-state index is 0.255. The maximum atomic E-state index is 12.6. The van der Waals surface area contributed by atoms with Crippen molar-refractivity contribution in [2.24, 2.45) is 10.9 Å². The van der Waals surface area contributed by atoms with E-state index in [-0.39, 0.29) is 6.54 Å². The summed E-state index contributed by atoms with van der Waals surface area (Å²) in [4.78, 5) is 12.5. The van der Waals surface area contributed by atoms with Crippen molar-refractivity contribution in [1.29, 1.82) is 0 Å². The molecule has 1 fully saturated rings. The first-order valence-corrected chi connectivity index (χ1v) is 9.44. The minimum Gasteiger partial charge on any atom is -0.350 e. The molecular formula is C16H26F3N5S. The average Bonchev–Trinajstić information content (AvgIpc) is 3.22. The van der Waals surface area contributed by atoms with Gasteiger partial charge in [0.25, 0.3) is 0 Å². The minimum atomic E-state index is -4.39. The van der Waals surface area contributed by atoms with Gasteiger partial charge in [0, 0.05) is 32.1 Å². The van der Waals surface area contributed by atoms with E-state index in [4.69, 9.17) is 0 Å². The van der Waals surface area contributed by atoms with Gasteiger partial charge >= 0.3 is 6.18 Å². The van der Waals surface area contributed by atoms with E-state index in [1.165, 1.54) is 0 Å². The van der Waals surface area contributed by atoms with Gasteiger partial charge in [0.1, 0.15) is 5.01 Å². The highest BCUT2D eigenvalue weighted by molar-refractivity contribution is 7.09. The molecule has 25 heavy (non-hydrogen) atoms. The third-order valence-electron chi connectivity index (χ3n) is 4.45. The van der Waals surface area contributed by atoms with Gasteiger partial charge in [-0.2, -0.15) is 13.2 Å². The molecule has 1 aliphatic heterocycles. The second-order valence-electron chi connectivity index (χ2n) is 6.11. The van der Waals surface area contributed by atoms with E-state index in [9.17, 15) is 13.2 Å². The van der Waals surface area contributed by atoms with Crippen molar-refractivity contribution in [2.75, 3.05) is 39.8 Å². The van der Waals surface area contributed by atoms with Crippen LogP contribution in [0.1, 0.15) is 31.0 Å². The van der Waals surface area contributed by atoms with Crippen molar-refractivity contribution in [1.82, 2.24) is 20.1 Å². The zero-order chi connectivity index (χ0) is 18.4. The number of rotatable bonds is 6. The Hall–Kier alpha value is -1.35. The summed E-state index contributed by atoms with van der Waals surface area (Å²) in [6.45, 7) is 9.59. The number of hydrogen-bond acceptors (Lipinski definition) is 4. The van der Waals surface area contributed by atoms with Crippen molar-refractivity contribution in [3.8, 4) is 0 Å². The maximum Gasteiger partial charge on any atom is 0.434 e. The number of nitrogens with zero attached hydrogens (tertiary/aromatic N) is 4. The lowest BCUT2D eigenvalue weighted by atomic mass is 10.1. The largest absolute Gasteiger partial charge is 0.434 e. The highest BCUT2D eigenvalue weighted by atomic mass is 32.1. The van der Waals surface area contributed by atoms with Gasteiger partial charge in [-0.15, -0.1) is 11.3 Å². The van der Waals surface area contributed by atoms with Crippen LogP contribution in [0.3, 0.4) is 0 Å². The predicted octanol–water partition coefficient (Wildman–Crippen LogP) is 2.90. The molecule has 2 heterocycles. The lowest BCUT2D eigenvalue weighted by molar-refractivity contribution is -0.140. The summed E-state index contributed by atoms with van der Waals surface area (Å²) < 4.78 is 37.8. The van der Waals surface area contributed by atoms with Crippen LogP contribution in [0.5, 0.6) is 0 Å². The Morgan fingerprint density at radius 3 is 2.72 bits per heavy atom. The summed E-state index contributed by atoms with van der Waals surface area (Å²) in [5.74, 6) is 1.32. The Bertz CT molecular complexity index is 568. The molecule has 0 spiro atoms. The summed E-state index contributed by atoms with van der Waals surface area (Å²) in [6.07, 6.45) is -3.28. The second kappa shape index (κ2) is 8.84. The van der Waals surface area contributed by atoms with Gasteiger partial charge in [-0.1, -0.05) is 13.8 Å². The highest BCUT2D eigenvalue weighted by Crippen LogP contribution is 2.30. The predicted molar refractivity (Wildman–Crippen MR) is 94.8 cm³/mol. The van der Waals surface area contributed by atoms with Gasteiger partial charge < -0.3 is 15.1 Å². The average molecular weight is 377 g/mol. The summed E-state index contributed by atoms with van der Waals surface area (Å²) in [7, 11) is 1.70. The van der Waals surface area contributed by atoms with Gasteiger partial charge in [-0.25, -0.2) is 4.98 Å². The molecule has 142 valence electrons. The van der Waals surface area contributed by atoms with Crippen LogP contribution in [0.4, 0.5) is 13.2 Å². The van der Waals surface area contributed by atoms with Gasteiger partial charge in [-0.05, 0) is 25.4 Å². The number of thiazole rings is 1. The van der Waals surface area contributed by atoms with E-state index in [0.29, 0.717) is 10.9 Å². The normalized spacial score (nSPS) is 19.1. The van der Waals surface area contributed by atoms with E-state index in [1.807, 2.05) is 0 Å². The first kappa shape index (κ1) is 20.0. The molecule has 1 aromatic rings. The lowest BCUT2D eigenvalue weighted by Crippen LogP contribution is -2.40. The van der Waals surface area contributed by atoms with Crippen molar-refractivity contribution in [3.05, 3.63) is 16.1 Å². The van der Waals surface area contributed by atoms with E-state index in [2.05, 4.69) is 38.9 Å². The molecule has 1 N–H and O–H groups in total. The Morgan fingerprint density at radius 2 is 2.16 bits per heavy atom. The molecule has 1 saturated heterocycles. The number of aromatic nitrogens is 1. The number of guanidine groups is 1. The molecule has 0 aromatic carbocycles. The Balaban J connectivity index is 1.86. The van der Waals surface area contributed by atoms with E-state index in [0.717, 1.165) is 61.8 Å². The Labute approximate surface area is 150 Å². The third-order valence-corrected chi connectivity index (χ3v) is 5.30. The van der Waals surface area contributed by atoms with Gasteiger partial charge in [0.2, 0.25) is 0 Å². The van der Waals surface area contributed by atoms with Crippen LogP contribution < -0.4 is 5.32 Å². The molecule has 2 rings (SSSR count). The van der Waals surface area contributed by atoms with Crippen molar-refractivity contribution < 1.29 is 13.2 Å². The molecular weight excluding hydrogens is 351 g/mol. The van der Waals surface area contributed by atoms with E-state index < -0.39 is 11.9 Å². The van der Waals surface area contributed by atoms with Crippen molar-refractivity contribution in [2.45, 2.75) is 33.0 Å². The first-order chi connectivity index (χ1) is 11.9. The lowest BCUT2D eigenvalue weighted by Gasteiger charge is -2.24.